The third-order valence-electron chi connectivity index (χ3n) is 8.21. The molecular formula is C34H27BrN5O6S+. The van der Waals surface area contributed by atoms with Gasteiger partial charge in [0.1, 0.15) is 12.3 Å². The molecule has 0 saturated carbocycles. The lowest BCUT2D eigenvalue weighted by molar-refractivity contribution is -0.686. The van der Waals surface area contributed by atoms with Crippen LogP contribution in [0.1, 0.15) is 11.3 Å². The van der Waals surface area contributed by atoms with Gasteiger partial charge in [-0.25, -0.2) is 13.1 Å². The van der Waals surface area contributed by atoms with Crippen molar-refractivity contribution in [3.05, 3.63) is 107 Å². The van der Waals surface area contributed by atoms with Crippen LogP contribution in [0.2, 0.25) is 0 Å². The van der Waals surface area contributed by atoms with Gasteiger partial charge in [0, 0.05) is 22.6 Å². The minimum atomic E-state index is -3.76. The summed E-state index contributed by atoms with van der Waals surface area (Å²) in [6.07, 6.45) is 4.72. The summed E-state index contributed by atoms with van der Waals surface area (Å²) in [6.45, 7) is 1.20. The van der Waals surface area contributed by atoms with Crippen LogP contribution in [0.4, 0.5) is 5.69 Å². The quantitative estimate of drug-likeness (QED) is 0.197. The van der Waals surface area contributed by atoms with E-state index >= 15 is 0 Å². The van der Waals surface area contributed by atoms with Gasteiger partial charge in [0.05, 0.1) is 34.8 Å². The van der Waals surface area contributed by atoms with E-state index in [1.54, 1.807) is 54.4 Å². The van der Waals surface area contributed by atoms with Gasteiger partial charge in [0.25, 0.3) is 10.0 Å². The van der Waals surface area contributed by atoms with E-state index in [-0.39, 0.29) is 18.3 Å². The van der Waals surface area contributed by atoms with Gasteiger partial charge in [-0.3, -0.25) is 4.72 Å². The Morgan fingerprint density at radius 3 is 2.57 bits per heavy atom. The molecule has 2 aliphatic heterocycles. The maximum atomic E-state index is 12.9. The molecule has 1 N–H and O–H groups in total. The van der Waals surface area contributed by atoms with Gasteiger partial charge in [-0.2, -0.15) is 4.57 Å². The van der Waals surface area contributed by atoms with E-state index in [2.05, 4.69) is 59.9 Å². The molecule has 2 aromatic heterocycles. The van der Waals surface area contributed by atoms with Crippen molar-refractivity contribution in [2.75, 3.05) is 18.6 Å². The first-order chi connectivity index (χ1) is 22.8. The van der Waals surface area contributed by atoms with Gasteiger partial charge in [0.2, 0.25) is 12.5 Å². The van der Waals surface area contributed by atoms with Crippen molar-refractivity contribution in [1.82, 2.24) is 15.0 Å². The fourth-order valence-corrected chi connectivity index (χ4v) is 7.18. The zero-order valence-electron chi connectivity index (χ0n) is 25.0. The standard InChI is InChI=1S/C34H27BrN5O6S/c1-43-31-11-2-21-14-30-28-16-33-32(45-20-46-33)15-22(28)12-13-39(30)18-29(21)34(31)44-19-25-17-40(38-36-25)26-7-9-27(10-8-26)47(41,42)37-24-5-3-23(35)4-6-24/h2-11,14-18,37H,12-13,19-20H2,1H3/q+1. The second-order valence-electron chi connectivity index (χ2n) is 11.1. The summed E-state index contributed by atoms with van der Waals surface area (Å²) in [5, 5.41) is 10.4. The summed E-state index contributed by atoms with van der Waals surface area (Å²) >= 11 is 3.35. The van der Waals surface area contributed by atoms with Crippen molar-refractivity contribution < 1.29 is 31.9 Å². The molecule has 0 amide bonds. The molecule has 6 aromatic rings. The zero-order chi connectivity index (χ0) is 32.1. The lowest BCUT2D eigenvalue weighted by atomic mass is 9.95. The van der Waals surface area contributed by atoms with Gasteiger partial charge in [-0.1, -0.05) is 21.1 Å². The number of methoxy groups -OCH3 is 1. The van der Waals surface area contributed by atoms with Crippen LogP contribution in [0.3, 0.4) is 0 Å². The Morgan fingerprint density at radius 2 is 1.79 bits per heavy atom. The number of nitrogens with zero attached hydrogens (tertiary/aromatic N) is 4. The van der Waals surface area contributed by atoms with Gasteiger partial charge < -0.3 is 18.9 Å². The number of ether oxygens (including phenoxy) is 4. The Bertz CT molecular complexity index is 2270. The highest BCUT2D eigenvalue weighted by molar-refractivity contribution is 9.10. The molecule has 47 heavy (non-hydrogen) atoms. The number of nitrogens with one attached hydrogen (secondary N) is 1. The van der Waals surface area contributed by atoms with E-state index in [4.69, 9.17) is 18.9 Å². The number of sulfonamides is 1. The van der Waals surface area contributed by atoms with Crippen molar-refractivity contribution >= 4 is 42.4 Å². The van der Waals surface area contributed by atoms with Crippen molar-refractivity contribution in [2.45, 2.75) is 24.5 Å². The number of halogens is 1. The van der Waals surface area contributed by atoms with Crippen LogP contribution < -0.4 is 28.2 Å². The molecule has 236 valence electrons. The van der Waals surface area contributed by atoms with Crippen LogP contribution in [0, 0.1) is 0 Å². The molecule has 8 rings (SSSR count). The van der Waals surface area contributed by atoms with Crippen LogP contribution in [-0.2, 0) is 29.6 Å². The number of aryl methyl sites for hydroxylation is 2. The molecular weight excluding hydrogens is 686 g/mol. The maximum absolute atomic E-state index is 12.9. The summed E-state index contributed by atoms with van der Waals surface area (Å²) in [5.41, 5.74) is 5.17. The van der Waals surface area contributed by atoms with Crippen molar-refractivity contribution in [2.24, 2.45) is 0 Å². The average molecular weight is 714 g/mol. The first kappa shape index (κ1) is 29.3. The molecule has 4 aromatic carbocycles. The second-order valence-corrected chi connectivity index (χ2v) is 13.7. The molecule has 4 heterocycles. The third-order valence-corrected chi connectivity index (χ3v) is 10.1. The van der Waals surface area contributed by atoms with Crippen LogP contribution in [0.25, 0.3) is 27.7 Å². The second kappa shape index (κ2) is 11.6. The van der Waals surface area contributed by atoms with E-state index in [0.717, 1.165) is 51.0 Å². The molecule has 0 unspecified atom stereocenters. The molecule has 0 bridgehead atoms. The van der Waals surface area contributed by atoms with Gasteiger partial charge in [-0.05, 0) is 83.7 Å². The Kier molecular flexibility index (Phi) is 7.22. The molecule has 0 radical (unpaired) electrons. The largest absolute Gasteiger partial charge is 0.493 e. The Morgan fingerprint density at radius 1 is 1.00 bits per heavy atom. The summed E-state index contributed by atoms with van der Waals surface area (Å²) in [5.74, 6) is 2.78. The number of hydrogen-bond donors (Lipinski definition) is 1. The van der Waals surface area contributed by atoms with E-state index < -0.39 is 10.0 Å². The predicted molar refractivity (Wildman–Crippen MR) is 177 cm³/mol. The molecule has 0 aliphatic carbocycles. The van der Waals surface area contributed by atoms with Crippen molar-refractivity contribution in [1.29, 1.82) is 0 Å². The fraction of sp³-hybridized carbons (Fsp3) is 0.147. The minimum Gasteiger partial charge on any atom is -0.493 e. The average Bonchev–Trinajstić information content (AvgIpc) is 3.76. The normalized spacial score (nSPS) is 13.2. The van der Waals surface area contributed by atoms with Crippen molar-refractivity contribution in [3.8, 4) is 39.9 Å². The van der Waals surface area contributed by atoms with Crippen LogP contribution in [0.5, 0.6) is 23.0 Å². The highest BCUT2D eigenvalue weighted by Gasteiger charge is 2.29. The summed E-state index contributed by atoms with van der Waals surface area (Å²) in [4.78, 5) is 0.130. The summed E-state index contributed by atoms with van der Waals surface area (Å²) < 4.78 is 56.3. The van der Waals surface area contributed by atoms with E-state index in [0.29, 0.717) is 28.6 Å². The number of benzene rings is 4. The predicted octanol–water partition coefficient (Wildman–Crippen LogP) is 5.81. The maximum Gasteiger partial charge on any atom is 0.261 e. The Hall–Kier alpha value is -5.14. The van der Waals surface area contributed by atoms with E-state index in [9.17, 15) is 8.42 Å². The zero-order valence-corrected chi connectivity index (χ0v) is 27.4. The Balaban J connectivity index is 1.02. The number of hydrogen-bond acceptors (Lipinski definition) is 8. The van der Waals surface area contributed by atoms with Crippen LogP contribution in [-0.4, -0.2) is 37.3 Å². The van der Waals surface area contributed by atoms with E-state index in [1.807, 2.05) is 12.1 Å². The molecule has 0 fully saturated rings. The topological polar surface area (TPSA) is 118 Å². The smallest absolute Gasteiger partial charge is 0.261 e. The number of pyridine rings is 1. The summed E-state index contributed by atoms with van der Waals surface area (Å²) in [7, 11) is -2.14. The van der Waals surface area contributed by atoms with Crippen molar-refractivity contribution in [3.63, 3.8) is 0 Å². The summed E-state index contributed by atoms with van der Waals surface area (Å²) in [6, 6.07) is 23.5. The number of anilines is 1. The number of fused-ring (bicyclic) bond motifs is 5. The van der Waals surface area contributed by atoms with Gasteiger partial charge >= 0.3 is 0 Å². The molecule has 11 nitrogen and oxygen atoms in total. The molecule has 0 atom stereocenters. The number of aromatic nitrogens is 4. The molecule has 13 heteroatoms. The van der Waals surface area contributed by atoms with Crippen LogP contribution >= 0.6 is 15.9 Å². The SMILES string of the molecule is COc1ccc2cc3[n+](cc2c1OCc1cn(-c2ccc(S(=O)(=O)Nc4ccc(Br)cc4)cc2)nn1)CCc1cc2c(cc1-3)OCO2. The van der Waals surface area contributed by atoms with Gasteiger partial charge in [0.15, 0.2) is 35.7 Å². The molecule has 0 spiro atoms. The minimum absolute atomic E-state index is 0.130. The highest BCUT2D eigenvalue weighted by atomic mass is 79.9. The lowest BCUT2D eigenvalue weighted by Gasteiger charge is -2.17. The third kappa shape index (κ3) is 5.51. The highest BCUT2D eigenvalue weighted by Crippen LogP contribution is 2.42. The van der Waals surface area contributed by atoms with E-state index in [1.165, 1.54) is 17.7 Å². The monoisotopic (exact) mass is 712 g/mol. The molecule has 0 saturated heterocycles. The Labute approximate surface area is 278 Å². The molecule has 2 aliphatic rings. The first-order valence-electron chi connectivity index (χ1n) is 14.7. The lowest BCUT2D eigenvalue weighted by Crippen LogP contribution is -2.40. The van der Waals surface area contributed by atoms with Crippen LogP contribution in [0.15, 0.2) is 101 Å². The van der Waals surface area contributed by atoms with Gasteiger partial charge in [-0.15, -0.1) is 5.10 Å². The number of rotatable bonds is 8. The fourth-order valence-electron chi connectivity index (χ4n) is 5.85. The first-order valence-corrected chi connectivity index (χ1v) is 17.0.